The lowest BCUT2D eigenvalue weighted by Gasteiger charge is -2.34. The van der Waals surface area contributed by atoms with Crippen molar-refractivity contribution >= 4 is 38.0 Å². The largest absolute Gasteiger partial charge is 0.352 e. The number of nitrogens with zero attached hydrogens (tertiary/aromatic N) is 1. The Balaban J connectivity index is 1.43. The lowest BCUT2D eigenvalue weighted by atomic mass is 10.0. The van der Waals surface area contributed by atoms with Crippen molar-refractivity contribution in [2.24, 2.45) is 0 Å². The van der Waals surface area contributed by atoms with Crippen molar-refractivity contribution in [2.75, 3.05) is 13.1 Å². The Morgan fingerprint density at radius 1 is 1.07 bits per heavy atom. The van der Waals surface area contributed by atoms with Crippen molar-refractivity contribution in [1.29, 1.82) is 0 Å². The highest BCUT2D eigenvalue weighted by atomic mass is 32.2. The van der Waals surface area contributed by atoms with E-state index in [9.17, 15) is 13.2 Å². The maximum absolute atomic E-state index is 13.0. The smallest absolute Gasteiger partial charge is 0.252 e. The Morgan fingerprint density at radius 2 is 1.90 bits per heavy atom. The summed E-state index contributed by atoms with van der Waals surface area (Å²) >= 11 is 1.25. The van der Waals surface area contributed by atoms with Gasteiger partial charge in [0.05, 0.1) is 0 Å². The fourth-order valence-electron chi connectivity index (χ4n) is 3.98. The van der Waals surface area contributed by atoms with E-state index in [0.29, 0.717) is 29.3 Å². The van der Waals surface area contributed by atoms with Gasteiger partial charge in [0.25, 0.3) is 15.9 Å². The van der Waals surface area contributed by atoms with Crippen molar-refractivity contribution in [3.05, 3.63) is 65.5 Å². The third-order valence-electron chi connectivity index (χ3n) is 5.43. The Hall–Kier alpha value is -2.22. The zero-order valence-electron chi connectivity index (χ0n) is 16.1. The molecular formula is C22H24N2O3S2. The van der Waals surface area contributed by atoms with E-state index in [0.717, 1.165) is 30.0 Å². The van der Waals surface area contributed by atoms with Crippen LogP contribution < -0.4 is 5.32 Å². The molecule has 7 heteroatoms. The van der Waals surface area contributed by atoms with Gasteiger partial charge in [-0.15, -0.1) is 11.3 Å². The second kappa shape index (κ2) is 8.65. The van der Waals surface area contributed by atoms with E-state index in [4.69, 9.17) is 0 Å². The molecule has 1 atom stereocenters. The first kappa shape index (κ1) is 20.1. The first-order valence-electron chi connectivity index (χ1n) is 9.89. The molecule has 1 unspecified atom stereocenters. The maximum Gasteiger partial charge on any atom is 0.252 e. The summed E-state index contributed by atoms with van der Waals surface area (Å²) in [7, 11) is -3.46. The maximum atomic E-state index is 13.0. The molecule has 1 aliphatic rings. The van der Waals surface area contributed by atoms with Gasteiger partial charge >= 0.3 is 0 Å². The number of sulfonamides is 1. The second-order valence-electron chi connectivity index (χ2n) is 7.27. The molecule has 4 rings (SSSR count). The summed E-state index contributed by atoms with van der Waals surface area (Å²) in [5, 5.41) is 6.73. The lowest BCUT2D eigenvalue weighted by Crippen LogP contribution is -2.44. The van der Waals surface area contributed by atoms with Crippen molar-refractivity contribution in [3.8, 4) is 0 Å². The minimum atomic E-state index is -3.46. The molecule has 1 aliphatic heterocycles. The monoisotopic (exact) mass is 428 g/mol. The Kier molecular flexibility index (Phi) is 5.99. The van der Waals surface area contributed by atoms with Crippen molar-refractivity contribution < 1.29 is 13.2 Å². The van der Waals surface area contributed by atoms with Crippen LogP contribution in [0.25, 0.3) is 10.8 Å². The summed E-state index contributed by atoms with van der Waals surface area (Å²) in [5.74, 6) is -0.120. The number of hydrogen-bond donors (Lipinski definition) is 1. The average molecular weight is 429 g/mol. The molecule has 1 fully saturated rings. The highest BCUT2D eigenvalue weighted by molar-refractivity contribution is 7.91. The highest BCUT2D eigenvalue weighted by Crippen LogP contribution is 2.29. The molecular weight excluding hydrogens is 404 g/mol. The molecule has 5 nitrogen and oxygen atoms in total. The Labute approximate surface area is 175 Å². The molecule has 0 aliphatic carbocycles. The molecule has 1 amide bonds. The van der Waals surface area contributed by atoms with E-state index >= 15 is 0 Å². The summed E-state index contributed by atoms with van der Waals surface area (Å²) in [4.78, 5) is 12.7. The van der Waals surface area contributed by atoms with Crippen molar-refractivity contribution in [3.63, 3.8) is 0 Å². The minimum Gasteiger partial charge on any atom is -0.352 e. The van der Waals surface area contributed by atoms with E-state index in [1.807, 2.05) is 42.5 Å². The molecule has 0 radical (unpaired) electrons. The standard InChI is InChI=1S/C22H24N2O3S2/c25-22(20-11-5-8-17-7-1-2-10-19(17)20)23-14-13-18-9-3-4-15-24(18)29(26,27)21-12-6-16-28-21/h1-2,5-8,10-12,16,18H,3-4,9,13-15H2,(H,23,25). The zero-order chi connectivity index (χ0) is 20.3. The summed E-state index contributed by atoms with van der Waals surface area (Å²) in [6.07, 6.45) is 3.33. The van der Waals surface area contributed by atoms with Crippen molar-refractivity contribution in [2.45, 2.75) is 35.9 Å². The van der Waals surface area contributed by atoms with Crippen LogP contribution in [-0.4, -0.2) is 37.8 Å². The van der Waals surface area contributed by atoms with E-state index < -0.39 is 10.0 Å². The first-order chi connectivity index (χ1) is 14.1. The predicted molar refractivity (Wildman–Crippen MR) is 117 cm³/mol. The first-order valence-corrected chi connectivity index (χ1v) is 12.2. The quantitative estimate of drug-likeness (QED) is 0.638. The van der Waals surface area contributed by atoms with Crippen LogP contribution in [0.2, 0.25) is 0 Å². The normalized spacial score (nSPS) is 18.0. The minimum absolute atomic E-state index is 0.0799. The van der Waals surface area contributed by atoms with Crippen LogP contribution >= 0.6 is 11.3 Å². The number of carbonyl (C=O) groups excluding carboxylic acids is 1. The molecule has 1 saturated heterocycles. The van der Waals surface area contributed by atoms with Gasteiger partial charge in [0.1, 0.15) is 4.21 Å². The number of piperidine rings is 1. The van der Waals surface area contributed by atoms with E-state index in [1.165, 1.54) is 11.3 Å². The molecule has 152 valence electrons. The molecule has 0 spiro atoms. The third-order valence-corrected chi connectivity index (χ3v) is 8.75. The molecule has 1 aromatic heterocycles. The summed E-state index contributed by atoms with van der Waals surface area (Å²) in [6, 6.07) is 16.9. The molecule has 1 N–H and O–H groups in total. The van der Waals surface area contributed by atoms with Crippen LogP contribution in [-0.2, 0) is 10.0 Å². The van der Waals surface area contributed by atoms with Crippen LogP contribution in [0.15, 0.2) is 64.2 Å². The van der Waals surface area contributed by atoms with E-state index in [2.05, 4.69) is 5.32 Å². The lowest BCUT2D eigenvalue weighted by molar-refractivity contribution is 0.0951. The third kappa shape index (κ3) is 4.22. The number of thiophene rings is 1. The molecule has 29 heavy (non-hydrogen) atoms. The fraction of sp³-hybridized carbons (Fsp3) is 0.318. The Morgan fingerprint density at radius 3 is 2.72 bits per heavy atom. The average Bonchev–Trinajstić information content (AvgIpc) is 3.29. The van der Waals surface area contributed by atoms with E-state index in [1.54, 1.807) is 21.8 Å². The fourth-order valence-corrected chi connectivity index (χ4v) is 6.82. The summed E-state index contributed by atoms with van der Waals surface area (Å²) in [5.41, 5.74) is 0.648. The van der Waals surface area contributed by atoms with Gasteiger partial charge in [-0.3, -0.25) is 4.79 Å². The van der Waals surface area contributed by atoms with Crippen LogP contribution in [0.4, 0.5) is 0 Å². The van der Waals surface area contributed by atoms with Crippen LogP contribution in [0, 0.1) is 0 Å². The summed E-state index contributed by atoms with van der Waals surface area (Å²) < 4.78 is 28.0. The van der Waals surface area contributed by atoms with Gasteiger partial charge in [-0.05, 0) is 47.5 Å². The molecule has 2 aromatic carbocycles. The Bertz CT molecular complexity index is 1090. The number of carbonyl (C=O) groups is 1. The van der Waals surface area contributed by atoms with Gasteiger partial charge in [-0.2, -0.15) is 4.31 Å². The molecule has 2 heterocycles. The zero-order valence-corrected chi connectivity index (χ0v) is 17.7. The van der Waals surface area contributed by atoms with Crippen LogP contribution in [0.1, 0.15) is 36.0 Å². The highest BCUT2D eigenvalue weighted by Gasteiger charge is 2.33. The topological polar surface area (TPSA) is 66.5 Å². The van der Waals surface area contributed by atoms with Crippen LogP contribution in [0.3, 0.4) is 0 Å². The summed E-state index contributed by atoms with van der Waals surface area (Å²) in [6.45, 7) is 0.991. The van der Waals surface area contributed by atoms with Gasteiger partial charge in [0.15, 0.2) is 0 Å². The van der Waals surface area contributed by atoms with Gasteiger partial charge in [-0.1, -0.05) is 48.9 Å². The number of rotatable bonds is 6. The van der Waals surface area contributed by atoms with E-state index in [-0.39, 0.29) is 11.9 Å². The van der Waals surface area contributed by atoms with Crippen molar-refractivity contribution in [1.82, 2.24) is 9.62 Å². The number of benzene rings is 2. The number of hydrogen-bond acceptors (Lipinski definition) is 4. The predicted octanol–water partition coefficient (Wildman–Crippen LogP) is 4.26. The number of fused-ring (bicyclic) bond motifs is 1. The molecule has 3 aromatic rings. The molecule has 0 saturated carbocycles. The second-order valence-corrected chi connectivity index (χ2v) is 10.3. The van der Waals surface area contributed by atoms with Gasteiger partial charge in [-0.25, -0.2) is 8.42 Å². The van der Waals surface area contributed by atoms with Gasteiger partial charge in [0, 0.05) is 24.7 Å². The SMILES string of the molecule is O=C(NCCC1CCCCN1S(=O)(=O)c1cccs1)c1cccc2ccccc12. The number of amides is 1. The van der Waals surface area contributed by atoms with Gasteiger partial charge in [0.2, 0.25) is 0 Å². The van der Waals surface area contributed by atoms with Crippen LogP contribution in [0.5, 0.6) is 0 Å². The molecule has 0 bridgehead atoms. The van der Waals surface area contributed by atoms with Gasteiger partial charge < -0.3 is 5.32 Å². The number of nitrogens with one attached hydrogen (secondary N) is 1.